The molecule has 0 atom stereocenters. The Balaban J connectivity index is 2.40. The Hall–Kier alpha value is -2.29. The van der Waals surface area contributed by atoms with Crippen LogP contribution < -0.4 is 0 Å². The van der Waals surface area contributed by atoms with Crippen LogP contribution in [0.1, 0.15) is 27.0 Å². The lowest BCUT2D eigenvalue weighted by atomic mass is 9.99. The van der Waals surface area contributed by atoms with E-state index in [4.69, 9.17) is 0 Å². The number of carbonyl (C=O) groups is 1. The van der Waals surface area contributed by atoms with Crippen molar-refractivity contribution in [2.24, 2.45) is 9.98 Å². The van der Waals surface area contributed by atoms with Crippen molar-refractivity contribution in [3.63, 3.8) is 0 Å². The van der Waals surface area contributed by atoms with Crippen LogP contribution in [-0.4, -0.2) is 16.1 Å². The van der Waals surface area contributed by atoms with E-state index in [1.54, 1.807) is 36.4 Å². The van der Waals surface area contributed by atoms with Crippen LogP contribution in [-0.2, 0) is 0 Å². The van der Waals surface area contributed by atoms with Crippen molar-refractivity contribution >= 4 is 51.9 Å². The number of carbonyl (C=O) groups excluding carboxylic acids is 1. The van der Waals surface area contributed by atoms with E-state index in [0.29, 0.717) is 22.5 Å². The molecule has 0 heterocycles. The highest BCUT2D eigenvalue weighted by Gasteiger charge is 2.11. The fourth-order valence-corrected chi connectivity index (χ4v) is 2.31. The SMILES string of the molecule is Cc1cc(C(=O)c2ccc(N=C=S)c(C)c2)ccc1N=C=S. The smallest absolute Gasteiger partial charge is 0.193 e. The minimum Gasteiger partial charge on any atom is -0.289 e. The molecular weight excluding hydrogens is 312 g/mol. The van der Waals surface area contributed by atoms with Gasteiger partial charge in [0.15, 0.2) is 5.78 Å². The Morgan fingerprint density at radius 1 is 0.864 bits per heavy atom. The van der Waals surface area contributed by atoms with Gasteiger partial charge in [0.25, 0.3) is 0 Å². The number of aryl methyl sites for hydroxylation is 2. The minimum atomic E-state index is -0.0537. The zero-order valence-corrected chi connectivity index (χ0v) is 13.7. The van der Waals surface area contributed by atoms with Crippen LogP contribution in [0.15, 0.2) is 46.4 Å². The predicted octanol–water partition coefficient (Wildman–Crippen LogP) is 5.00. The van der Waals surface area contributed by atoms with Crippen LogP contribution >= 0.6 is 24.4 Å². The van der Waals surface area contributed by atoms with Crippen molar-refractivity contribution in [3.8, 4) is 0 Å². The van der Waals surface area contributed by atoms with Crippen molar-refractivity contribution in [3.05, 3.63) is 58.7 Å². The van der Waals surface area contributed by atoms with E-state index in [1.807, 2.05) is 13.8 Å². The van der Waals surface area contributed by atoms with Gasteiger partial charge >= 0.3 is 0 Å². The number of isothiocyanates is 2. The van der Waals surface area contributed by atoms with Gasteiger partial charge in [0.1, 0.15) is 0 Å². The first-order chi connectivity index (χ1) is 10.6. The number of ketones is 1. The Bertz CT molecular complexity index is 776. The van der Waals surface area contributed by atoms with Gasteiger partial charge in [0.05, 0.1) is 21.7 Å². The highest BCUT2D eigenvalue weighted by molar-refractivity contribution is 7.78. The molecule has 0 N–H and O–H groups in total. The Morgan fingerprint density at radius 3 is 1.59 bits per heavy atom. The highest BCUT2D eigenvalue weighted by atomic mass is 32.1. The van der Waals surface area contributed by atoms with Gasteiger partial charge in [-0.25, -0.2) is 0 Å². The van der Waals surface area contributed by atoms with Gasteiger partial charge in [0.2, 0.25) is 0 Å². The van der Waals surface area contributed by atoms with Gasteiger partial charge in [-0.3, -0.25) is 4.79 Å². The molecule has 0 saturated carbocycles. The molecule has 0 radical (unpaired) electrons. The van der Waals surface area contributed by atoms with Gasteiger partial charge in [-0.05, 0) is 85.8 Å². The number of hydrogen-bond donors (Lipinski definition) is 0. The first-order valence-electron chi connectivity index (χ1n) is 6.48. The maximum Gasteiger partial charge on any atom is 0.193 e. The van der Waals surface area contributed by atoms with E-state index >= 15 is 0 Å². The molecule has 0 fully saturated rings. The summed E-state index contributed by atoms with van der Waals surface area (Å²) in [7, 11) is 0. The largest absolute Gasteiger partial charge is 0.289 e. The second-order valence-electron chi connectivity index (χ2n) is 4.74. The quantitative estimate of drug-likeness (QED) is 0.451. The molecule has 0 spiro atoms. The monoisotopic (exact) mass is 324 g/mol. The molecule has 0 aliphatic carbocycles. The van der Waals surface area contributed by atoms with Crippen molar-refractivity contribution in [2.75, 3.05) is 0 Å². The standard InChI is InChI=1S/C17H12N2OS2/c1-11-7-13(3-5-15(11)18-9-21)17(20)14-4-6-16(19-10-22)12(2)8-14/h3-8H,1-2H3. The summed E-state index contributed by atoms with van der Waals surface area (Å²) in [4.78, 5) is 20.5. The van der Waals surface area contributed by atoms with Crippen LogP contribution in [0.25, 0.3) is 0 Å². The summed E-state index contributed by atoms with van der Waals surface area (Å²) >= 11 is 9.20. The van der Waals surface area contributed by atoms with Gasteiger partial charge in [-0.2, -0.15) is 9.98 Å². The molecule has 2 rings (SSSR count). The zero-order valence-electron chi connectivity index (χ0n) is 12.1. The number of nitrogens with zero attached hydrogens (tertiary/aromatic N) is 2. The Labute approximate surface area is 139 Å². The van der Waals surface area contributed by atoms with Crippen LogP contribution in [0.3, 0.4) is 0 Å². The summed E-state index contributed by atoms with van der Waals surface area (Å²) in [5.41, 5.74) is 4.39. The van der Waals surface area contributed by atoms with Crippen LogP contribution in [0.4, 0.5) is 11.4 Å². The summed E-state index contributed by atoms with van der Waals surface area (Å²) in [6, 6.07) is 10.6. The van der Waals surface area contributed by atoms with E-state index < -0.39 is 0 Å². The summed E-state index contributed by atoms with van der Waals surface area (Å²) in [6.07, 6.45) is 0. The number of benzene rings is 2. The first kappa shape index (κ1) is 16.1. The molecule has 22 heavy (non-hydrogen) atoms. The molecule has 0 aliphatic rings. The van der Waals surface area contributed by atoms with Gasteiger partial charge in [-0.15, -0.1) is 0 Å². The van der Waals surface area contributed by atoms with Crippen molar-refractivity contribution in [1.82, 2.24) is 0 Å². The fourth-order valence-electron chi connectivity index (χ4n) is 2.11. The molecule has 3 nitrogen and oxygen atoms in total. The summed E-state index contributed by atoms with van der Waals surface area (Å²) in [5.74, 6) is -0.0537. The second kappa shape index (κ2) is 7.12. The number of aliphatic imine (C=N–C) groups is 2. The molecule has 0 unspecified atom stereocenters. The lowest BCUT2D eigenvalue weighted by Gasteiger charge is -2.06. The minimum absolute atomic E-state index is 0.0537. The topological polar surface area (TPSA) is 41.8 Å². The molecule has 108 valence electrons. The van der Waals surface area contributed by atoms with Crippen molar-refractivity contribution < 1.29 is 4.79 Å². The summed E-state index contributed by atoms with van der Waals surface area (Å²) < 4.78 is 0. The molecule has 0 aromatic heterocycles. The predicted molar refractivity (Wildman–Crippen MR) is 95.2 cm³/mol. The lowest BCUT2D eigenvalue weighted by Crippen LogP contribution is -2.02. The van der Waals surface area contributed by atoms with E-state index in [-0.39, 0.29) is 5.78 Å². The fraction of sp³-hybridized carbons (Fsp3) is 0.118. The third-order valence-electron chi connectivity index (χ3n) is 3.25. The zero-order chi connectivity index (χ0) is 16.1. The average molecular weight is 324 g/mol. The molecular formula is C17H12N2OS2. The lowest BCUT2D eigenvalue weighted by molar-refractivity contribution is 0.103. The average Bonchev–Trinajstić information content (AvgIpc) is 2.51. The summed E-state index contributed by atoms with van der Waals surface area (Å²) in [6.45, 7) is 3.76. The van der Waals surface area contributed by atoms with Gasteiger partial charge in [0, 0.05) is 11.1 Å². The Kier molecular flexibility index (Phi) is 5.21. The molecule has 0 aliphatic heterocycles. The maximum atomic E-state index is 12.6. The number of thiocarbonyl (C=S) groups is 2. The van der Waals surface area contributed by atoms with Gasteiger partial charge in [-0.1, -0.05) is 0 Å². The number of hydrogen-bond acceptors (Lipinski definition) is 5. The maximum absolute atomic E-state index is 12.6. The van der Waals surface area contributed by atoms with E-state index in [1.165, 1.54) is 0 Å². The van der Waals surface area contributed by atoms with E-state index in [2.05, 4.69) is 44.7 Å². The molecule has 0 bridgehead atoms. The normalized spacial score (nSPS) is 9.55. The molecule has 2 aromatic carbocycles. The molecule has 0 saturated heterocycles. The molecule has 2 aromatic rings. The number of rotatable bonds is 4. The van der Waals surface area contributed by atoms with Crippen LogP contribution in [0.5, 0.6) is 0 Å². The highest BCUT2D eigenvalue weighted by Crippen LogP contribution is 2.24. The van der Waals surface area contributed by atoms with Crippen molar-refractivity contribution in [2.45, 2.75) is 13.8 Å². The van der Waals surface area contributed by atoms with Gasteiger partial charge < -0.3 is 0 Å². The van der Waals surface area contributed by atoms with Crippen LogP contribution in [0.2, 0.25) is 0 Å². The van der Waals surface area contributed by atoms with Crippen molar-refractivity contribution in [1.29, 1.82) is 0 Å². The third kappa shape index (κ3) is 3.48. The Morgan fingerprint density at radius 2 is 1.27 bits per heavy atom. The third-order valence-corrected chi connectivity index (χ3v) is 3.43. The van der Waals surface area contributed by atoms with E-state index in [9.17, 15) is 4.79 Å². The molecule has 0 amide bonds. The van der Waals surface area contributed by atoms with E-state index in [0.717, 1.165) is 11.1 Å². The summed E-state index contributed by atoms with van der Waals surface area (Å²) in [5, 5.41) is 4.66. The van der Waals surface area contributed by atoms with Crippen LogP contribution in [0, 0.1) is 13.8 Å². The second-order valence-corrected chi connectivity index (χ2v) is 5.10. The molecule has 5 heteroatoms. The first-order valence-corrected chi connectivity index (χ1v) is 7.30.